The highest BCUT2D eigenvalue weighted by Gasteiger charge is 2.45. The third-order valence-electron chi connectivity index (χ3n) is 5.20. The number of likely N-dealkylation sites (tertiary alicyclic amines) is 1. The highest BCUT2D eigenvalue weighted by molar-refractivity contribution is 7.91. The quantitative estimate of drug-likeness (QED) is 0.781. The first-order valence-electron chi connectivity index (χ1n) is 8.14. The maximum atomic E-state index is 11.5. The van der Waals surface area contributed by atoms with Crippen molar-refractivity contribution >= 4 is 9.84 Å². The Labute approximate surface area is 123 Å². The normalized spacial score (nSPS) is 25.1. The molecule has 2 rings (SSSR count). The van der Waals surface area contributed by atoms with Crippen LogP contribution in [0, 0.1) is 0 Å². The van der Waals surface area contributed by atoms with Gasteiger partial charge in [0.05, 0.1) is 11.9 Å². The summed E-state index contributed by atoms with van der Waals surface area (Å²) in [6.45, 7) is 3.89. The number of hydrogen-bond acceptors (Lipinski definition) is 4. The molecular weight excluding hydrogens is 274 g/mol. The van der Waals surface area contributed by atoms with Gasteiger partial charge in [0.1, 0.15) is 9.84 Å². The van der Waals surface area contributed by atoms with Gasteiger partial charge in [-0.2, -0.15) is 0 Å². The second-order valence-corrected chi connectivity index (χ2v) is 8.87. The van der Waals surface area contributed by atoms with Crippen LogP contribution in [0.5, 0.6) is 0 Å². The maximum absolute atomic E-state index is 11.5. The van der Waals surface area contributed by atoms with Crippen LogP contribution in [0.25, 0.3) is 0 Å². The van der Waals surface area contributed by atoms with E-state index in [9.17, 15) is 13.5 Å². The second kappa shape index (κ2) is 6.75. The molecule has 0 spiro atoms. The highest BCUT2D eigenvalue weighted by atomic mass is 32.2. The summed E-state index contributed by atoms with van der Waals surface area (Å²) < 4.78 is 23.1. The van der Waals surface area contributed by atoms with Crippen LogP contribution in [0.4, 0.5) is 0 Å². The molecule has 1 atom stereocenters. The molecule has 1 unspecified atom stereocenters. The van der Waals surface area contributed by atoms with Gasteiger partial charge in [-0.15, -0.1) is 0 Å². The van der Waals surface area contributed by atoms with Crippen LogP contribution < -0.4 is 0 Å². The number of hydrogen-bond donors (Lipinski definition) is 1. The van der Waals surface area contributed by atoms with Crippen molar-refractivity contribution < 1.29 is 13.5 Å². The van der Waals surface area contributed by atoms with Crippen molar-refractivity contribution in [2.75, 3.05) is 24.6 Å². The van der Waals surface area contributed by atoms with Crippen molar-refractivity contribution in [3.05, 3.63) is 0 Å². The van der Waals surface area contributed by atoms with E-state index < -0.39 is 9.84 Å². The molecule has 20 heavy (non-hydrogen) atoms. The molecule has 2 fully saturated rings. The SMILES string of the molecule is CCS(=O)(=O)CCCC(O)C1(N2CCCC2)CCCC1. The molecule has 1 aliphatic carbocycles. The Hall–Kier alpha value is -0.130. The number of aliphatic hydroxyl groups is 1. The van der Waals surface area contributed by atoms with E-state index >= 15 is 0 Å². The summed E-state index contributed by atoms with van der Waals surface area (Å²) in [5, 5.41) is 10.7. The average molecular weight is 303 g/mol. The molecule has 0 aromatic heterocycles. The van der Waals surface area contributed by atoms with Gasteiger partial charge in [-0.3, -0.25) is 4.90 Å². The van der Waals surface area contributed by atoms with E-state index in [2.05, 4.69) is 4.90 Å². The zero-order valence-corrected chi connectivity index (χ0v) is 13.5. The van der Waals surface area contributed by atoms with E-state index in [0.717, 1.165) is 25.9 Å². The lowest BCUT2D eigenvalue weighted by molar-refractivity contribution is -0.0221. The molecular formula is C15H29NO3S. The number of rotatable bonds is 7. The third kappa shape index (κ3) is 3.55. The van der Waals surface area contributed by atoms with Gasteiger partial charge in [-0.1, -0.05) is 19.8 Å². The molecule has 4 nitrogen and oxygen atoms in total. The molecule has 0 aromatic rings. The Morgan fingerprint density at radius 1 is 1.15 bits per heavy atom. The van der Waals surface area contributed by atoms with Gasteiger partial charge in [-0.05, 0) is 51.6 Å². The van der Waals surface area contributed by atoms with Gasteiger partial charge >= 0.3 is 0 Å². The molecule has 1 aliphatic heterocycles. The van der Waals surface area contributed by atoms with Crippen molar-refractivity contribution in [1.29, 1.82) is 0 Å². The summed E-state index contributed by atoms with van der Waals surface area (Å²) >= 11 is 0. The Morgan fingerprint density at radius 2 is 1.75 bits per heavy atom. The van der Waals surface area contributed by atoms with Crippen molar-refractivity contribution in [2.24, 2.45) is 0 Å². The zero-order valence-electron chi connectivity index (χ0n) is 12.7. The van der Waals surface area contributed by atoms with Crippen LogP contribution in [-0.4, -0.2) is 54.7 Å². The molecule has 1 saturated carbocycles. The fourth-order valence-electron chi connectivity index (χ4n) is 3.92. The Morgan fingerprint density at radius 3 is 2.30 bits per heavy atom. The topological polar surface area (TPSA) is 57.6 Å². The standard InChI is InChI=1S/C15H29NO3S/c1-2-20(18,19)13-7-8-14(17)15(9-3-4-10-15)16-11-5-6-12-16/h14,17H,2-13H2,1H3. The lowest BCUT2D eigenvalue weighted by atomic mass is 9.86. The molecule has 0 amide bonds. The van der Waals surface area contributed by atoms with Crippen LogP contribution in [0.1, 0.15) is 58.3 Å². The third-order valence-corrected chi connectivity index (χ3v) is 6.99. The van der Waals surface area contributed by atoms with Gasteiger partial charge in [0.15, 0.2) is 0 Å². The predicted octanol–water partition coefficient (Wildman–Crippen LogP) is 1.97. The first-order valence-corrected chi connectivity index (χ1v) is 9.96. The van der Waals surface area contributed by atoms with E-state index in [-0.39, 0.29) is 23.1 Å². The molecule has 2 aliphatic rings. The van der Waals surface area contributed by atoms with Crippen LogP contribution in [-0.2, 0) is 9.84 Å². The van der Waals surface area contributed by atoms with Gasteiger partial charge in [0.25, 0.3) is 0 Å². The molecule has 1 saturated heterocycles. The van der Waals surface area contributed by atoms with Gasteiger partial charge in [0.2, 0.25) is 0 Å². The Balaban J connectivity index is 1.92. The molecule has 1 N–H and O–H groups in total. The summed E-state index contributed by atoms with van der Waals surface area (Å²) in [6, 6.07) is 0. The first kappa shape index (κ1) is 16.2. The van der Waals surface area contributed by atoms with E-state index in [1.54, 1.807) is 6.92 Å². The minimum atomic E-state index is -2.90. The van der Waals surface area contributed by atoms with Crippen LogP contribution >= 0.6 is 0 Å². The van der Waals surface area contributed by atoms with E-state index in [0.29, 0.717) is 12.8 Å². The lowest BCUT2D eigenvalue weighted by Crippen LogP contribution is -2.53. The molecule has 5 heteroatoms. The van der Waals surface area contributed by atoms with Crippen molar-refractivity contribution in [3.8, 4) is 0 Å². The van der Waals surface area contributed by atoms with Crippen molar-refractivity contribution in [3.63, 3.8) is 0 Å². The smallest absolute Gasteiger partial charge is 0.150 e. The molecule has 118 valence electrons. The number of aliphatic hydroxyl groups excluding tert-OH is 1. The Kier molecular flexibility index (Phi) is 5.49. The van der Waals surface area contributed by atoms with Crippen LogP contribution in [0.3, 0.4) is 0 Å². The number of nitrogens with zero attached hydrogens (tertiary/aromatic N) is 1. The average Bonchev–Trinajstić information content (AvgIpc) is 3.10. The fraction of sp³-hybridized carbons (Fsp3) is 1.00. The molecule has 0 bridgehead atoms. The highest BCUT2D eigenvalue weighted by Crippen LogP contribution is 2.41. The lowest BCUT2D eigenvalue weighted by Gasteiger charge is -2.42. The van der Waals surface area contributed by atoms with Gasteiger partial charge < -0.3 is 5.11 Å². The minimum Gasteiger partial charge on any atom is -0.391 e. The van der Waals surface area contributed by atoms with Crippen LogP contribution in [0.2, 0.25) is 0 Å². The monoisotopic (exact) mass is 303 g/mol. The fourth-order valence-corrected chi connectivity index (χ4v) is 4.81. The second-order valence-electron chi connectivity index (χ2n) is 6.40. The summed E-state index contributed by atoms with van der Waals surface area (Å²) in [4.78, 5) is 2.49. The summed E-state index contributed by atoms with van der Waals surface area (Å²) in [6.07, 6.45) is 7.86. The van der Waals surface area contributed by atoms with E-state index in [4.69, 9.17) is 0 Å². The zero-order chi connectivity index (χ0) is 14.6. The summed E-state index contributed by atoms with van der Waals surface area (Å²) in [7, 11) is -2.90. The van der Waals surface area contributed by atoms with E-state index in [1.807, 2.05) is 0 Å². The maximum Gasteiger partial charge on any atom is 0.150 e. The summed E-state index contributed by atoms with van der Waals surface area (Å²) in [5.74, 6) is 0.428. The van der Waals surface area contributed by atoms with Gasteiger partial charge in [0, 0.05) is 11.3 Å². The first-order chi connectivity index (χ1) is 9.50. The molecule has 0 aromatic carbocycles. The predicted molar refractivity (Wildman–Crippen MR) is 81.6 cm³/mol. The number of sulfone groups is 1. The van der Waals surface area contributed by atoms with Crippen LogP contribution in [0.15, 0.2) is 0 Å². The molecule has 0 radical (unpaired) electrons. The molecule has 1 heterocycles. The largest absolute Gasteiger partial charge is 0.391 e. The van der Waals surface area contributed by atoms with Crippen molar-refractivity contribution in [1.82, 2.24) is 4.90 Å². The van der Waals surface area contributed by atoms with Crippen molar-refractivity contribution in [2.45, 2.75) is 69.9 Å². The van der Waals surface area contributed by atoms with Gasteiger partial charge in [-0.25, -0.2) is 8.42 Å². The minimum absolute atomic E-state index is 0.0491. The Bertz CT molecular complexity index is 395. The summed E-state index contributed by atoms with van der Waals surface area (Å²) in [5.41, 5.74) is -0.0491. The van der Waals surface area contributed by atoms with E-state index in [1.165, 1.54) is 25.7 Å².